The zero-order valence-corrected chi connectivity index (χ0v) is 25.9. The number of benzene rings is 2. The lowest BCUT2D eigenvalue weighted by Gasteiger charge is -2.51. The van der Waals surface area contributed by atoms with Crippen molar-refractivity contribution >= 4 is 21.6 Å². The summed E-state index contributed by atoms with van der Waals surface area (Å²) in [7, 11) is -1.77. The Hall–Kier alpha value is -2.69. The van der Waals surface area contributed by atoms with Gasteiger partial charge >= 0.3 is 6.09 Å². The van der Waals surface area contributed by atoms with Crippen molar-refractivity contribution in [3.63, 3.8) is 0 Å². The van der Waals surface area contributed by atoms with Gasteiger partial charge in [0.15, 0.2) is 9.84 Å². The molecule has 4 fully saturated rings. The minimum atomic E-state index is -3.16. The average molecular weight is 613 g/mol. The Morgan fingerprint density at radius 2 is 1.77 bits per heavy atom. The molecule has 2 aromatic carbocycles. The van der Waals surface area contributed by atoms with Gasteiger partial charge in [-0.15, -0.1) is 0 Å². The van der Waals surface area contributed by atoms with Crippen molar-refractivity contribution in [3.05, 3.63) is 59.9 Å². The summed E-state index contributed by atoms with van der Waals surface area (Å²) in [6.45, 7) is 5.30. The van der Waals surface area contributed by atoms with E-state index in [1.165, 1.54) is 13.2 Å². The van der Waals surface area contributed by atoms with E-state index in [1.807, 2.05) is 18.2 Å². The first-order valence-electron chi connectivity index (χ1n) is 15.9. The smallest absolute Gasteiger partial charge is 0.407 e. The van der Waals surface area contributed by atoms with Crippen molar-refractivity contribution in [3.8, 4) is 0 Å². The first kappa shape index (κ1) is 30.3. The number of rotatable bonds is 10. The number of amides is 1. The molecule has 2 aliphatic carbocycles. The summed E-state index contributed by atoms with van der Waals surface area (Å²) in [6.07, 6.45) is 5.88. The molecule has 1 amide bonds. The SMILES string of the molecule is COC(=O)N[C@H]1CCC[C@@H]1C(CN)(c1cccc(F)c1)C1CCN(CC2CN(c3ccc(S(=O)(=O)C4CC4)cc3)C2)CC1. The summed E-state index contributed by atoms with van der Waals surface area (Å²) in [4.78, 5) is 17.5. The second kappa shape index (κ2) is 12.4. The third-order valence-electron chi connectivity index (χ3n) is 10.6. The number of ether oxygens (including phenoxy) is 1. The molecular formula is C33H45FN4O4S. The summed E-state index contributed by atoms with van der Waals surface area (Å²) in [5, 5.41) is 2.89. The van der Waals surface area contributed by atoms with Crippen molar-refractivity contribution < 1.29 is 22.3 Å². The fourth-order valence-electron chi connectivity index (χ4n) is 8.24. The first-order valence-corrected chi connectivity index (χ1v) is 17.4. The number of nitrogens with one attached hydrogen (secondary N) is 1. The van der Waals surface area contributed by atoms with Gasteiger partial charge in [-0.05, 0) is 105 Å². The van der Waals surface area contributed by atoms with Crippen LogP contribution < -0.4 is 16.0 Å². The quantitative estimate of drug-likeness (QED) is 0.412. The number of sulfone groups is 1. The number of hydrogen-bond acceptors (Lipinski definition) is 7. The van der Waals surface area contributed by atoms with Crippen molar-refractivity contribution in [2.24, 2.45) is 23.5 Å². The second-order valence-electron chi connectivity index (χ2n) is 13.1. The number of anilines is 1. The number of alkyl carbamates (subject to hydrolysis) is 1. The fourth-order valence-corrected chi connectivity index (χ4v) is 9.89. The van der Waals surface area contributed by atoms with Gasteiger partial charge in [0.2, 0.25) is 0 Å². The number of methoxy groups -OCH3 is 1. The lowest BCUT2D eigenvalue weighted by atomic mass is 9.58. The predicted octanol–water partition coefficient (Wildman–Crippen LogP) is 4.33. The molecule has 2 heterocycles. The van der Waals surface area contributed by atoms with Gasteiger partial charge in [0.1, 0.15) is 5.82 Å². The van der Waals surface area contributed by atoms with Crippen LogP contribution in [0.2, 0.25) is 0 Å². The molecule has 1 unspecified atom stereocenters. The maximum atomic E-state index is 14.6. The zero-order chi connectivity index (χ0) is 30.2. The van der Waals surface area contributed by atoms with Crippen LogP contribution >= 0.6 is 0 Å². The van der Waals surface area contributed by atoms with E-state index < -0.39 is 21.3 Å². The molecule has 4 aliphatic rings. The van der Waals surface area contributed by atoms with Gasteiger partial charge in [-0.2, -0.15) is 0 Å². The minimum Gasteiger partial charge on any atom is -0.453 e. The van der Waals surface area contributed by atoms with Crippen LogP contribution in [0.1, 0.15) is 50.5 Å². The number of likely N-dealkylation sites (tertiary alicyclic amines) is 1. The third-order valence-corrected chi connectivity index (χ3v) is 12.9. The zero-order valence-electron chi connectivity index (χ0n) is 25.1. The van der Waals surface area contributed by atoms with Gasteiger partial charge in [0, 0.05) is 49.2 Å². The Labute approximate surface area is 255 Å². The number of nitrogens with two attached hydrogens (primary N) is 1. The summed E-state index contributed by atoms with van der Waals surface area (Å²) in [6, 6.07) is 14.3. The van der Waals surface area contributed by atoms with Gasteiger partial charge in [0.25, 0.3) is 0 Å². The van der Waals surface area contributed by atoms with Crippen molar-refractivity contribution in [2.45, 2.75) is 66.5 Å². The van der Waals surface area contributed by atoms with Crippen LogP contribution in [-0.4, -0.2) is 77.1 Å². The Bertz CT molecular complexity index is 1390. The maximum absolute atomic E-state index is 14.6. The molecule has 2 saturated carbocycles. The molecule has 6 rings (SSSR count). The Balaban J connectivity index is 1.08. The molecule has 0 bridgehead atoms. The molecule has 3 atom stereocenters. The number of hydrogen-bond donors (Lipinski definition) is 2. The molecule has 2 aromatic rings. The number of piperidine rings is 1. The Morgan fingerprint density at radius 3 is 2.40 bits per heavy atom. The van der Waals surface area contributed by atoms with Crippen LogP contribution in [0, 0.1) is 23.6 Å². The molecule has 10 heteroatoms. The molecule has 0 aromatic heterocycles. The molecule has 0 radical (unpaired) electrons. The molecule has 8 nitrogen and oxygen atoms in total. The molecule has 3 N–H and O–H groups in total. The highest BCUT2D eigenvalue weighted by atomic mass is 32.2. The van der Waals surface area contributed by atoms with Crippen LogP contribution in [0.25, 0.3) is 0 Å². The number of carbonyl (C=O) groups is 1. The summed E-state index contributed by atoms with van der Waals surface area (Å²) < 4.78 is 44.6. The van der Waals surface area contributed by atoms with Gasteiger partial charge in [-0.3, -0.25) is 0 Å². The fraction of sp³-hybridized carbons (Fsp3) is 0.606. The highest BCUT2D eigenvalue weighted by molar-refractivity contribution is 7.92. The lowest BCUT2D eigenvalue weighted by molar-refractivity contribution is 0.0705. The normalized spacial score (nSPS) is 25.2. The number of nitrogens with zero attached hydrogens (tertiary/aromatic N) is 2. The van der Waals surface area contributed by atoms with Crippen molar-refractivity contribution in [2.75, 3.05) is 51.3 Å². The monoisotopic (exact) mass is 612 g/mol. The second-order valence-corrected chi connectivity index (χ2v) is 15.3. The predicted molar refractivity (Wildman–Crippen MR) is 165 cm³/mol. The lowest BCUT2D eigenvalue weighted by Crippen LogP contribution is -2.57. The van der Waals surface area contributed by atoms with Crippen LogP contribution in [0.15, 0.2) is 53.4 Å². The van der Waals surface area contributed by atoms with Gasteiger partial charge < -0.3 is 25.6 Å². The van der Waals surface area contributed by atoms with Crippen LogP contribution in [0.4, 0.5) is 14.9 Å². The van der Waals surface area contributed by atoms with E-state index >= 15 is 0 Å². The molecule has 2 saturated heterocycles. The summed E-state index contributed by atoms with van der Waals surface area (Å²) >= 11 is 0. The molecule has 2 aliphatic heterocycles. The maximum Gasteiger partial charge on any atom is 0.407 e. The van der Waals surface area contributed by atoms with E-state index in [-0.39, 0.29) is 28.9 Å². The van der Waals surface area contributed by atoms with E-state index in [9.17, 15) is 17.6 Å². The van der Waals surface area contributed by atoms with Gasteiger partial charge in [-0.1, -0.05) is 18.6 Å². The van der Waals surface area contributed by atoms with Crippen LogP contribution in [0.3, 0.4) is 0 Å². The van der Waals surface area contributed by atoms with E-state index in [0.29, 0.717) is 17.4 Å². The third kappa shape index (κ3) is 6.02. The van der Waals surface area contributed by atoms with Crippen molar-refractivity contribution in [1.29, 1.82) is 0 Å². The van der Waals surface area contributed by atoms with E-state index in [4.69, 9.17) is 10.5 Å². The average Bonchev–Trinajstić information content (AvgIpc) is 3.77. The van der Waals surface area contributed by atoms with E-state index in [2.05, 4.69) is 15.1 Å². The molecular weight excluding hydrogens is 567 g/mol. The molecule has 0 spiro atoms. The summed E-state index contributed by atoms with van der Waals surface area (Å²) in [5.74, 6) is 0.707. The Kier molecular flexibility index (Phi) is 8.72. The highest BCUT2D eigenvalue weighted by Crippen LogP contribution is 2.50. The molecule has 234 valence electrons. The molecule has 43 heavy (non-hydrogen) atoms. The summed E-state index contributed by atoms with van der Waals surface area (Å²) in [5.41, 5.74) is 8.28. The Morgan fingerprint density at radius 1 is 1.05 bits per heavy atom. The number of halogens is 1. The standard InChI is InChI=1S/C33H45FN4O4S/c1-42-32(39)36-31-7-3-6-30(31)33(22-35,25-4-2-5-26(34)18-25)24-14-16-37(17-15-24)19-23-20-38(21-23)27-8-10-28(11-9-27)43(40,41)29-12-13-29/h2,4-5,8-11,18,23-24,29-31H,3,6-7,12-17,19-22,35H2,1H3,(H,36,39)/t30-,31-,33?/m0/s1. The largest absolute Gasteiger partial charge is 0.453 e. The highest BCUT2D eigenvalue weighted by Gasteiger charge is 2.51. The van der Waals surface area contributed by atoms with Gasteiger partial charge in [-0.25, -0.2) is 17.6 Å². The van der Waals surface area contributed by atoms with E-state index in [1.54, 1.807) is 24.3 Å². The van der Waals surface area contributed by atoms with Crippen molar-refractivity contribution in [1.82, 2.24) is 10.2 Å². The number of carbonyl (C=O) groups excluding carboxylic acids is 1. The van der Waals surface area contributed by atoms with Crippen LogP contribution in [-0.2, 0) is 20.0 Å². The van der Waals surface area contributed by atoms with E-state index in [0.717, 1.165) is 88.9 Å². The first-order chi connectivity index (χ1) is 20.7. The van der Waals surface area contributed by atoms with Crippen LogP contribution in [0.5, 0.6) is 0 Å². The minimum absolute atomic E-state index is 0.0545. The topological polar surface area (TPSA) is 105 Å². The van der Waals surface area contributed by atoms with Gasteiger partial charge in [0.05, 0.1) is 17.3 Å².